The number of ether oxygens (including phenoxy) is 1. The molecule has 0 aliphatic carbocycles. The molecule has 0 spiro atoms. The van der Waals surface area contributed by atoms with Gasteiger partial charge in [-0.3, -0.25) is 9.69 Å². The number of benzene rings is 1. The van der Waals surface area contributed by atoms with Crippen molar-refractivity contribution < 1.29 is 27.1 Å². The number of nitrogens with zero attached hydrogens (tertiary/aromatic N) is 1. The van der Waals surface area contributed by atoms with Gasteiger partial charge in [-0.1, -0.05) is 13.0 Å². The van der Waals surface area contributed by atoms with Gasteiger partial charge in [-0.15, -0.1) is 0 Å². The summed E-state index contributed by atoms with van der Waals surface area (Å²) >= 11 is 0. The molecule has 0 aromatic heterocycles. The van der Waals surface area contributed by atoms with Crippen molar-refractivity contribution in [2.24, 2.45) is 5.41 Å². The van der Waals surface area contributed by atoms with Crippen LogP contribution in [0, 0.1) is 11.2 Å². The van der Waals surface area contributed by atoms with Gasteiger partial charge in [0.05, 0.1) is 17.6 Å². The lowest BCUT2D eigenvalue weighted by atomic mass is 9.72. The normalized spacial score (nSPS) is 28.5. The Morgan fingerprint density at radius 2 is 2.04 bits per heavy atom. The summed E-state index contributed by atoms with van der Waals surface area (Å²) < 4.78 is 57.7. The number of hydrogen-bond donors (Lipinski definition) is 0. The van der Waals surface area contributed by atoms with Gasteiger partial charge in [0.1, 0.15) is 5.82 Å². The maximum absolute atomic E-state index is 13.5. The van der Waals surface area contributed by atoms with E-state index in [1.165, 1.54) is 6.07 Å². The standard InChI is InChI=1S/C19H23F4NO2/c1-3-18(17(25)26-4-2)10-13-6-8-16(18)24(13)11-12-5-7-15(20)14(9-12)19(21,22)23/h5,7,9,13,16H,3-4,6,8,10-11H2,1-2H3/t13-,16+,18+/m1/s1. The number of rotatable bonds is 5. The molecule has 144 valence electrons. The van der Waals surface area contributed by atoms with E-state index in [0.29, 0.717) is 25.0 Å². The molecule has 2 aliphatic rings. The van der Waals surface area contributed by atoms with Crippen LogP contribution in [-0.4, -0.2) is 29.6 Å². The van der Waals surface area contributed by atoms with Crippen LogP contribution in [0.4, 0.5) is 17.6 Å². The predicted octanol–water partition coefficient (Wildman–Crippen LogP) is 4.54. The number of hydrogen-bond acceptors (Lipinski definition) is 3. The zero-order chi connectivity index (χ0) is 19.1. The van der Waals surface area contributed by atoms with Gasteiger partial charge in [-0.25, -0.2) is 4.39 Å². The molecule has 2 saturated heterocycles. The van der Waals surface area contributed by atoms with E-state index in [9.17, 15) is 22.4 Å². The Kier molecular flexibility index (Phi) is 5.03. The smallest absolute Gasteiger partial charge is 0.419 e. The minimum Gasteiger partial charge on any atom is -0.466 e. The lowest BCUT2D eigenvalue weighted by Gasteiger charge is -2.34. The monoisotopic (exact) mass is 373 g/mol. The fraction of sp³-hybridized carbons (Fsp3) is 0.632. The van der Waals surface area contributed by atoms with Crippen LogP contribution >= 0.6 is 0 Å². The quantitative estimate of drug-likeness (QED) is 0.561. The zero-order valence-corrected chi connectivity index (χ0v) is 14.9. The molecule has 0 unspecified atom stereocenters. The molecule has 2 aliphatic heterocycles. The molecular formula is C19H23F4NO2. The second-order valence-corrected chi connectivity index (χ2v) is 7.17. The van der Waals surface area contributed by atoms with E-state index in [1.807, 2.05) is 6.92 Å². The van der Waals surface area contributed by atoms with E-state index in [1.54, 1.807) is 6.92 Å². The highest BCUT2D eigenvalue weighted by Gasteiger charge is 2.59. The number of carbonyl (C=O) groups is 1. The molecule has 3 atom stereocenters. The molecule has 3 nitrogen and oxygen atoms in total. The minimum absolute atomic E-state index is 0.0454. The first-order valence-corrected chi connectivity index (χ1v) is 9.01. The molecule has 0 amide bonds. The number of halogens is 4. The molecule has 1 aromatic rings. The molecular weight excluding hydrogens is 350 g/mol. The van der Waals surface area contributed by atoms with Gasteiger partial charge in [0.15, 0.2) is 0 Å². The highest BCUT2D eigenvalue weighted by molar-refractivity contribution is 5.78. The van der Waals surface area contributed by atoms with Crippen LogP contribution in [0.25, 0.3) is 0 Å². The lowest BCUT2D eigenvalue weighted by molar-refractivity contribution is -0.157. The van der Waals surface area contributed by atoms with Crippen molar-refractivity contribution in [3.05, 3.63) is 35.1 Å². The van der Waals surface area contributed by atoms with Crippen molar-refractivity contribution in [1.82, 2.24) is 4.90 Å². The Hall–Kier alpha value is -1.63. The first-order chi connectivity index (χ1) is 12.2. The van der Waals surface area contributed by atoms with E-state index < -0.39 is 23.0 Å². The van der Waals surface area contributed by atoms with Crippen molar-refractivity contribution >= 4 is 5.97 Å². The van der Waals surface area contributed by atoms with Gasteiger partial charge in [0, 0.05) is 18.6 Å². The van der Waals surface area contributed by atoms with Crippen LogP contribution in [0.2, 0.25) is 0 Å². The van der Waals surface area contributed by atoms with Crippen LogP contribution in [0.3, 0.4) is 0 Å². The average Bonchev–Trinajstić information content (AvgIpc) is 3.11. The largest absolute Gasteiger partial charge is 0.466 e. The van der Waals surface area contributed by atoms with Gasteiger partial charge >= 0.3 is 12.1 Å². The van der Waals surface area contributed by atoms with Crippen molar-refractivity contribution in [2.45, 2.75) is 64.3 Å². The van der Waals surface area contributed by atoms with E-state index in [0.717, 1.165) is 25.0 Å². The number of esters is 1. The molecule has 2 heterocycles. The summed E-state index contributed by atoms with van der Waals surface area (Å²) in [5.41, 5.74) is -1.42. The first kappa shape index (κ1) is 19.1. The second kappa shape index (κ2) is 6.83. The Balaban J connectivity index is 1.85. The van der Waals surface area contributed by atoms with Crippen LogP contribution in [0.15, 0.2) is 18.2 Å². The van der Waals surface area contributed by atoms with Crippen LogP contribution in [0.5, 0.6) is 0 Å². The summed E-state index contributed by atoms with van der Waals surface area (Å²) in [5, 5.41) is 0. The SMILES string of the molecule is CCOC(=O)[C@@]1(CC)C[C@H]2CC[C@@H]1N2Cc1ccc(F)c(C(F)(F)F)c1. The van der Waals surface area contributed by atoms with Crippen LogP contribution in [-0.2, 0) is 22.3 Å². The van der Waals surface area contributed by atoms with Gasteiger partial charge in [-0.2, -0.15) is 13.2 Å². The van der Waals surface area contributed by atoms with Crippen molar-refractivity contribution in [1.29, 1.82) is 0 Å². The summed E-state index contributed by atoms with van der Waals surface area (Å²) in [7, 11) is 0. The van der Waals surface area contributed by atoms with Crippen molar-refractivity contribution in [3.8, 4) is 0 Å². The fourth-order valence-electron chi connectivity index (χ4n) is 4.66. The highest BCUT2D eigenvalue weighted by Crippen LogP contribution is 2.53. The molecule has 0 saturated carbocycles. The molecule has 2 fully saturated rings. The van der Waals surface area contributed by atoms with E-state index in [-0.39, 0.29) is 24.6 Å². The summed E-state index contributed by atoms with van der Waals surface area (Å²) in [6.45, 7) is 4.31. The van der Waals surface area contributed by atoms with Gasteiger partial charge in [0.2, 0.25) is 0 Å². The molecule has 2 bridgehead atoms. The summed E-state index contributed by atoms with van der Waals surface area (Å²) in [6, 6.07) is 3.24. The van der Waals surface area contributed by atoms with Crippen molar-refractivity contribution in [3.63, 3.8) is 0 Å². The van der Waals surface area contributed by atoms with Crippen LogP contribution < -0.4 is 0 Å². The third-order valence-electron chi connectivity index (χ3n) is 5.89. The summed E-state index contributed by atoms with van der Waals surface area (Å²) in [4.78, 5) is 14.7. The number of fused-ring (bicyclic) bond motifs is 2. The van der Waals surface area contributed by atoms with Crippen LogP contribution in [0.1, 0.15) is 50.7 Å². The lowest BCUT2D eigenvalue weighted by Crippen LogP contribution is -2.44. The topological polar surface area (TPSA) is 29.5 Å². The molecule has 0 radical (unpaired) electrons. The Morgan fingerprint density at radius 1 is 1.31 bits per heavy atom. The third kappa shape index (κ3) is 3.10. The Labute approximate surface area is 150 Å². The Morgan fingerprint density at radius 3 is 2.65 bits per heavy atom. The molecule has 26 heavy (non-hydrogen) atoms. The minimum atomic E-state index is -4.72. The van der Waals surface area contributed by atoms with Gasteiger partial charge in [-0.05, 0) is 50.3 Å². The predicted molar refractivity (Wildman–Crippen MR) is 87.7 cm³/mol. The van der Waals surface area contributed by atoms with E-state index in [2.05, 4.69) is 4.90 Å². The second-order valence-electron chi connectivity index (χ2n) is 7.17. The maximum Gasteiger partial charge on any atom is 0.419 e. The van der Waals surface area contributed by atoms with E-state index in [4.69, 9.17) is 4.74 Å². The summed E-state index contributed by atoms with van der Waals surface area (Å²) in [6.07, 6.45) is -1.67. The third-order valence-corrected chi connectivity index (χ3v) is 5.89. The van der Waals surface area contributed by atoms with Gasteiger partial charge < -0.3 is 4.74 Å². The zero-order valence-electron chi connectivity index (χ0n) is 14.9. The van der Waals surface area contributed by atoms with Crippen molar-refractivity contribution in [2.75, 3.05) is 6.61 Å². The Bertz CT molecular complexity index is 691. The fourth-order valence-corrected chi connectivity index (χ4v) is 4.66. The number of carbonyl (C=O) groups excluding carboxylic acids is 1. The first-order valence-electron chi connectivity index (χ1n) is 9.01. The molecule has 0 N–H and O–H groups in total. The average molecular weight is 373 g/mol. The molecule has 3 rings (SSSR count). The molecule has 7 heteroatoms. The van der Waals surface area contributed by atoms with E-state index >= 15 is 0 Å². The highest BCUT2D eigenvalue weighted by atomic mass is 19.4. The number of alkyl halides is 3. The van der Waals surface area contributed by atoms with Gasteiger partial charge in [0.25, 0.3) is 0 Å². The maximum atomic E-state index is 13.5. The summed E-state index contributed by atoms with van der Waals surface area (Å²) in [5.74, 6) is -1.48. The molecule has 1 aromatic carbocycles.